The number of fused-ring (bicyclic) bond motifs is 1. The Labute approximate surface area is 243 Å². The molecule has 2 aromatic heterocycles. The first-order valence-corrected chi connectivity index (χ1v) is 13.9. The Morgan fingerprint density at radius 2 is 1.88 bits per heavy atom. The van der Waals surface area contributed by atoms with Crippen LogP contribution in [0.1, 0.15) is 36.8 Å². The highest BCUT2D eigenvalue weighted by Gasteiger charge is 2.31. The average molecular weight is 590 g/mol. The van der Waals surface area contributed by atoms with Crippen molar-refractivity contribution < 1.29 is 28.3 Å². The van der Waals surface area contributed by atoms with Gasteiger partial charge in [0, 0.05) is 30.0 Å². The lowest BCUT2D eigenvalue weighted by molar-refractivity contribution is -0.384. The standard InChI is InChI=1S/C30H27N3O8S/c1-5-39-24-11-8-18(13-25(24)40-6-2)27-22(29(35)38-4)16-31-30-32(27)28(34)26(42-30)15-20-10-12-23(41-20)21-14-19(33(36)37)9-7-17(21)3/h7-16,27H,5-6H2,1-4H3/b26-15-/t27-/m1/s1. The van der Waals surface area contributed by atoms with Gasteiger partial charge in [-0.1, -0.05) is 23.5 Å². The van der Waals surface area contributed by atoms with Gasteiger partial charge in [0.15, 0.2) is 16.3 Å². The smallest absolute Gasteiger partial charge is 0.337 e. The molecule has 4 aromatic rings. The summed E-state index contributed by atoms with van der Waals surface area (Å²) < 4.78 is 24.2. The van der Waals surface area contributed by atoms with Gasteiger partial charge in [0.2, 0.25) is 0 Å². The molecule has 0 radical (unpaired) electrons. The quantitative estimate of drug-likeness (QED) is 0.160. The van der Waals surface area contributed by atoms with Gasteiger partial charge in [-0.3, -0.25) is 19.5 Å². The number of furan rings is 1. The minimum Gasteiger partial charge on any atom is -0.490 e. The largest absolute Gasteiger partial charge is 0.490 e. The maximum absolute atomic E-state index is 13.8. The van der Waals surface area contributed by atoms with E-state index in [-0.39, 0.29) is 16.8 Å². The van der Waals surface area contributed by atoms with Gasteiger partial charge in [-0.2, -0.15) is 0 Å². The Kier molecular flexibility index (Phi) is 8.07. The van der Waals surface area contributed by atoms with Crippen molar-refractivity contribution in [1.82, 2.24) is 4.57 Å². The summed E-state index contributed by atoms with van der Waals surface area (Å²) in [6.07, 6.45) is 3.00. The van der Waals surface area contributed by atoms with Crippen molar-refractivity contribution in [1.29, 1.82) is 0 Å². The predicted molar refractivity (Wildman–Crippen MR) is 155 cm³/mol. The molecule has 0 saturated carbocycles. The lowest BCUT2D eigenvalue weighted by Gasteiger charge is -2.23. The second-order valence-electron chi connectivity index (χ2n) is 9.21. The Morgan fingerprint density at radius 1 is 1.12 bits per heavy atom. The molecule has 42 heavy (non-hydrogen) atoms. The minimum atomic E-state index is -0.828. The number of esters is 1. The molecule has 11 nitrogen and oxygen atoms in total. The molecule has 1 aliphatic heterocycles. The van der Waals surface area contributed by atoms with E-state index in [0.717, 1.165) is 16.9 Å². The number of rotatable bonds is 9. The fourth-order valence-corrected chi connectivity index (χ4v) is 5.63. The molecule has 216 valence electrons. The van der Waals surface area contributed by atoms with Crippen LogP contribution in [-0.4, -0.2) is 35.8 Å². The third-order valence-electron chi connectivity index (χ3n) is 6.61. The molecule has 5 rings (SSSR count). The number of nitrogens with zero attached hydrogens (tertiary/aromatic N) is 3. The topological polar surface area (TPSA) is 135 Å². The first-order valence-electron chi connectivity index (χ1n) is 13.1. The van der Waals surface area contributed by atoms with Crippen LogP contribution < -0.4 is 24.4 Å². The number of nitro groups is 1. The number of carbonyl (C=O) groups is 1. The highest BCUT2D eigenvalue weighted by atomic mass is 32.1. The number of aromatic nitrogens is 1. The maximum Gasteiger partial charge on any atom is 0.337 e. The third kappa shape index (κ3) is 5.36. The number of nitro benzene ring substituents is 1. The second-order valence-corrected chi connectivity index (χ2v) is 10.2. The van der Waals surface area contributed by atoms with E-state index in [2.05, 4.69) is 4.99 Å². The van der Waals surface area contributed by atoms with E-state index in [1.54, 1.807) is 42.5 Å². The third-order valence-corrected chi connectivity index (χ3v) is 7.60. The Balaban J connectivity index is 1.61. The molecule has 1 aliphatic rings. The molecule has 1 atom stereocenters. The molecule has 0 amide bonds. The molecule has 12 heteroatoms. The maximum atomic E-state index is 13.8. The number of methoxy groups -OCH3 is 1. The van der Waals surface area contributed by atoms with Crippen LogP contribution in [0.3, 0.4) is 0 Å². The number of hydrogen-bond acceptors (Lipinski definition) is 10. The first-order chi connectivity index (χ1) is 20.2. The second kappa shape index (κ2) is 11.9. The molecule has 0 unspecified atom stereocenters. The molecular weight excluding hydrogens is 562 g/mol. The summed E-state index contributed by atoms with van der Waals surface area (Å²) in [5.41, 5.74) is 1.75. The van der Waals surface area contributed by atoms with Gasteiger partial charge in [0.25, 0.3) is 11.2 Å². The van der Waals surface area contributed by atoms with Crippen LogP contribution in [0.15, 0.2) is 74.5 Å². The molecule has 3 heterocycles. The zero-order valence-corrected chi connectivity index (χ0v) is 24.1. The van der Waals surface area contributed by atoms with Crippen LogP contribution in [0.25, 0.3) is 17.4 Å². The van der Waals surface area contributed by atoms with Crippen molar-refractivity contribution in [3.8, 4) is 22.8 Å². The SMILES string of the molecule is CCOc1ccc([C@@H]2C(C(=O)OC)=CN=c3s/c(=C\c4ccc(-c5cc([N+](=O)[O-])ccc5C)o4)c(=O)n32)cc1OCC. The van der Waals surface area contributed by atoms with E-state index >= 15 is 0 Å². The van der Waals surface area contributed by atoms with Crippen molar-refractivity contribution in [2.45, 2.75) is 26.8 Å². The first kappa shape index (κ1) is 28.6. The summed E-state index contributed by atoms with van der Waals surface area (Å²) in [4.78, 5) is 42.2. The average Bonchev–Trinajstić information content (AvgIpc) is 3.57. The van der Waals surface area contributed by atoms with Gasteiger partial charge >= 0.3 is 5.97 Å². The summed E-state index contributed by atoms with van der Waals surface area (Å²) in [7, 11) is 1.27. The number of benzene rings is 2. The molecule has 0 aliphatic carbocycles. The van der Waals surface area contributed by atoms with E-state index in [1.807, 2.05) is 20.8 Å². The molecular formula is C30H27N3O8S. The van der Waals surface area contributed by atoms with Crippen LogP contribution >= 0.6 is 11.3 Å². The summed E-state index contributed by atoms with van der Waals surface area (Å²) >= 11 is 1.14. The minimum absolute atomic E-state index is 0.0509. The fourth-order valence-electron chi connectivity index (χ4n) is 4.68. The number of non-ortho nitro benzene ring substituents is 1. The zero-order chi connectivity index (χ0) is 30.0. The summed E-state index contributed by atoms with van der Waals surface area (Å²) in [6.45, 7) is 6.39. The molecule has 0 bridgehead atoms. The lowest BCUT2D eigenvalue weighted by Crippen LogP contribution is -2.39. The van der Waals surface area contributed by atoms with Gasteiger partial charge in [0.1, 0.15) is 11.5 Å². The zero-order valence-electron chi connectivity index (χ0n) is 23.3. The van der Waals surface area contributed by atoms with E-state index in [9.17, 15) is 19.7 Å². The van der Waals surface area contributed by atoms with Gasteiger partial charge in [-0.15, -0.1) is 0 Å². The van der Waals surface area contributed by atoms with E-state index in [1.165, 1.54) is 30.0 Å². The van der Waals surface area contributed by atoms with Crippen molar-refractivity contribution in [3.63, 3.8) is 0 Å². The van der Waals surface area contributed by atoms with E-state index in [4.69, 9.17) is 18.6 Å². The van der Waals surface area contributed by atoms with Gasteiger partial charge in [-0.25, -0.2) is 9.79 Å². The van der Waals surface area contributed by atoms with Crippen LogP contribution in [0.5, 0.6) is 11.5 Å². The Bertz CT molecular complexity index is 1900. The fraction of sp³-hybridized carbons (Fsp3) is 0.233. The monoisotopic (exact) mass is 589 g/mol. The predicted octanol–water partition coefficient (Wildman–Crippen LogP) is 4.29. The van der Waals surface area contributed by atoms with E-state index < -0.39 is 16.9 Å². The molecule has 0 spiro atoms. The van der Waals surface area contributed by atoms with Crippen molar-refractivity contribution in [2.24, 2.45) is 4.99 Å². The highest BCUT2D eigenvalue weighted by molar-refractivity contribution is 7.07. The van der Waals surface area contributed by atoms with Gasteiger partial charge in [0.05, 0.1) is 41.4 Å². The Hall–Kier alpha value is -4.97. The lowest BCUT2D eigenvalue weighted by atomic mass is 9.97. The van der Waals surface area contributed by atoms with Gasteiger partial charge in [-0.05, 0) is 56.2 Å². The van der Waals surface area contributed by atoms with Crippen LogP contribution in [0.4, 0.5) is 5.69 Å². The number of thiazole rings is 1. The van der Waals surface area contributed by atoms with Crippen molar-refractivity contribution in [2.75, 3.05) is 20.3 Å². The summed E-state index contributed by atoms with van der Waals surface area (Å²) in [5.74, 6) is 1.22. The number of carbonyl (C=O) groups excluding carboxylic acids is 1. The number of aryl methyl sites for hydroxylation is 1. The molecule has 0 saturated heterocycles. The summed E-state index contributed by atoms with van der Waals surface area (Å²) in [5, 5.41) is 11.3. The van der Waals surface area contributed by atoms with Crippen LogP contribution in [-0.2, 0) is 9.53 Å². The normalized spacial score (nSPS) is 14.5. The molecule has 2 aromatic carbocycles. The van der Waals surface area contributed by atoms with Crippen molar-refractivity contribution >= 4 is 29.1 Å². The molecule has 0 fully saturated rings. The Morgan fingerprint density at radius 3 is 2.60 bits per heavy atom. The summed E-state index contributed by atoms with van der Waals surface area (Å²) in [6, 6.07) is 12.4. The molecule has 0 N–H and O–H groups in total. The van der Waals surface area contributed by atoms with Crippen molar-refractivity contribution in [3.05, 3.63) is 107 Å². The highest BCUT2D eigenvalue weighted by Crippen LogP contribution is 2.35. The van der Waals surface area contributed by atoms with Crippen LogP contribution in [0, 0.1) is 17.0 Å². The van der Waals surface area contributed by atoms with Gasteiger partial charge < -0.3 is 18.6 Å². The van der Waals surface area contributed by atoms with Crippen LogP contribution in [0.2, 0.25) is 0 Å². The van der Waals surface area contributed by atoms with E-state index in [0.29, 0.717) is 56.7 Å². The number of hydrogen-bond donors (Lipinski definition) is 0. The number of ether oxygens (including phenoxy) is 3.